The zero-order chi connectivity index (χ0) is 13.8. The van der Waals surface area contributed by atoms with Crippen LogP contribution in [-0.4, -0.2) is 31.4 Å². The molecule has 1 heterocycles. The van der Waals surface area contributed by atoms with E-state index in [-0.39, 0.29) is 11.2 Å². The van der Waals surface area contributed by atoms with Gasteiger partial charge in [-0.05, 0) is 35.9 Å². The van der Waals surface area contributed by atoms with E-state index in [1.54, 1.807) is 11.7 Å². The van der Waals surface area contributed by atoms with E-state index in [2.05, 4.69) is 20.8 Å². The van der Waals surface area contributed by atoms with Gasteiger partial charge in [0.25, 0.3) is 0 Å². The molecule has 2 aromatic rings. The van der Waals surface area contributed by atoms with Gasteiger partial charge in [-0.2, -0.15) is 0 Å². The number of anilines is 1. The van der Waals surface area contributed by atoms with Crippen LogP contribution in [0.3, 0.4) is 0 Å². The molecule has 1 aromatic heterocycles. The Morgan fingerprint density at radius 3 is 2.79 bits per heavy atom. The summed E-state index contributed by atoms with van der Waals surface area (Å²) in [6.45, 7) is 3.78. The van der Waals surface area contributed by atoms with Crippen molar-refractivity contribution in [3.63, 3.8) is 0 Å². The average molecular weight is 277 g/mol. The van der Waals surface area contributed by atoms with Crippen molar-refractivity contribution in [2.45, 2.75) is 24.3 Å². The molecule has 0 radical (unpaired) electrons. The van der Waals surface area contributed by atoms with Gasteiger partial charge in [0.2, 0.25) is 11.1 Å². The van der Waals surface area contributed by atoms with Crippen molar-refractivity contribution in [1.82, 2.24) is 20.2 Å². The molecule has 2 rings (SSSR count). The highest BCUT2D eigenvalue weighted by molar-refractivity contribution is 8.00. The molecule has 0 aliphatic rings. The fourth-order valence-electron chi connectivity index (χ4n) is 1.48. The highest BCUT2D eigenvalue weighted by Gasteiger charge is 2.18. The molecule has 100 valence electrons. The predicted molar refractivity (Wildman–Crippen MR) is 73.9 cm³/mol. The minimum absolute atomic E-state index is 0.0673. The van der Waals surface area contributed by atoms with Crippen molar-refractivity contribution in [1.29, 1.82) is 0 Å². The molecule has 1 aromatic carbocycles. The number of aryl methyl sites for hydroxylation is 2. The Balaban J connectivity index is 2.00. The number of para-hydroxylation sites is 1. The Labute approximate surface area is 115 Å². The van der Waals surface area contributed by atoms with Crippen molar-refractivity contribution in [3.05, 3.63) is 29.8 Å². The van der Waals surface area contributed by atoms with E-state index in [4.69, 9.17) is 0 Å². The molecule has 0 aliphatic carbocycles. The Hall–Kier alpha value is -1.89. The van der Waals surface area contributed by atoms with E-state index < -0.39 is 0 Å². The summed E-state index contributed by atoms with van der Waals surface area (Å²) in [6, 6.07) is 7.68. The van der Waals surface area contributed by atoms with Crippen LogP contribution in [0.4, 0.5) is 5.69 Å². The van der Waals surface area contributed by atoms with Gasteiger partial charge in [-0.25, -0.2) is 4.68 Å². The second kappa shape index (κ2) is 5.83. The van der Waals surface area contributed by atoms with E-state index in [0.29, 0.717) is 5.16 Å². The van der Waals surface area contributed by atoms with Gasteiger partial charge in [0, 0.05) is 12.7 Å². The van der Waals surface area contributed by atoms with E-state index >= 15 is 0 Å². The molecule has 1 atom stereocenters. The van der Waals surface area contributed by atoms with E-state index in [1.807, 2.05) is 38.1 Å². The molecule has 0 fully saturated rings. The minimum Gasteiger partial charge on any atom is -0.325 e. The Kier molecular flexibility index (Phi) is 4.16. The summed E-state index contributed by atoms with van der Waals surface area (Å²) in [5, 5.41) is 14.4. The molecule has 0 aliphatic heterocycles. The maximum Gasteiger partial charge on any atom is 0.237 e. The number of rotatable bonds is 4. The Morgan fingerprint density at radius 2 is 2.16 bits per heavy atom. The molecule has 7 heteroatoms. The topological polar surface area (TPSA) is 72.7 Å². The molecular weight excluding hydrogens is 262 g/mol. The quantitative estimate of drug-likeness (QED) is 0.860. The number of tetrazole rings is 1. The molecule has 1 unspecified atom stereocenters. The summed E-state index contributed by atoms with van der Waals surface area (Å²) in [6.07, 6.45) is 0. The third-order valence-electron chi connectivity index (χ3n) is 2.64. The van der Waals surface area contributed by atoms with Crippen molar-refractivity contribution in [2.24, 2.45) is 7.05 Å². The first-order valence-corrected chi connectivity index (χ1v) is 6.71. The Bertz CT molecular complexity index is 583. The van der Waals surface area contributed by atoms with E-state index in [1.165, 1.54) is 11.8 Å². The van der Waals surface area contributed by atoms with Crippen molar-refractivity contribution in [2.75, 3.05) is 5.32 Å². The summed E-state index contributed by atoms with van der Waals surface area (Å²) in [4.78, 5) is 12.1. The Morgan fingerprint density at radius 1 is 1.42 bits per heavy atom. The van der Waals surface area contributed by atoms with Gasteiger partial charge in [-0.1, -0.05) is 30.0 Å². The number of carbonyl (C=O) groups excluding carboxylic acids is 1. The first kappa shape index (κ1) is 13.5. The third kappa shape index (κ3) is 3.31. The number of carbonyl (C=O) groups is 1. The summed E-state index contributed by atoms with van der Waals surface area (Å²) >= 11 is 1.32. The summed E-state index contributed by atoms with van der Waals surface area (Å²) in [7, 11) is 1.74. The molecule has 19 heavy (non-hydrogen) atoms. The molecule has 0 spiro atoms. The number of aromatic nitrogens is 4. The summed E-state index contributed by atoms with van der Waals surface area (Å²) in [5.41, 5.74) is 1.87. The maximum absolute atomic E-state index is 12.1. The first-order valence-electron chi connectivity index (χ1n) is 5.83. The van der Waals surface area contributed by atoms with E-state index in [9.17, 15) is 4.79 Å². The number of nitrogens with zero attached hydrogens (tertiary/aromatic N) is 4. The number of benzene rings is 1. The molecular formula is C12H15N5OS. The van der Waals surface area contributed by atoms with Crippen LogP contribution in [-0.2, 0) is 11.8 Å². The van der Waals surface area contributed by atoms with Gasteiger partial charge >= 0.3 is 0 Å². The zero-order valence-electron chi connectivity index (χ0n) is 11.0. The van der Waals surface area contributed by atoms with Crippen LogP contribution in [0, 0.1) is 6.92 Å². The first-order chi connectivity index (χ1) is 9.08. The molecule has 6 nitrogen and oxygen atoms in total. The van der Waals surface area contributed by atoms with Gasteiger partial charge in [0.05, 0.1) is 5.25 Å². The molecule has 0 saturated carbocycles. The number of thioether (sulfide) groups is 1. The lowest BCUT2D eigenvalue weighted by Crippen LogP contribution is -2.23. The van der Waals surface area contributed by atoms with Crippen LogP contribution in [0.5, 0.6) is 0 Å². The van der Waals surface area contributed by atoms with Gasteiger partial charge in [0.1, 0.15) is 0 Å². The number of hydrogen-bond acceptors (Lipinski definition) is 5. The van der Waals surface area contributed by atoms with Gasteiger partial charge in [-0.3, -0.25) is 4.79 Å². The summed E-state index contributed by atoms with van der Waals surface area (Å²) in [5.74, 6) is -0.0673. The third-order valence-corrected chi connectivity index (χ3v) is 3.76. The maximum atomic E-state index is 12.1. The lowest BCUT2D eigenvalue weighted by molar-refractivity contribution is -0.115. The van der Waals surface area contributed by atoms with Crippen LogP contribution in [0.25, 0.3) is 0 Å². The fourth-order valence-corrected chi connectivity index (χ4v) is 2.24. The van der Waals surface area contributed by atoms with Crippen molar-refractivity contribution >= 4 is 23.4 Å². The minimum atomic E-state index is -0.274. The lowest BCUT2D eigenvalue weighted by Gasteiger charge is -2.12. The van der Waals surface area contributed by atoms with Crippen LogP contribution >= 0.6 is 11.8 Å². The van der Waals surface area contributed by atoms with Gasteiger partial charge in [-0.15, -0.1) is 5.10 Å². The van der Waals surface area contributed by atoms with Crippen molar-refractivity contribution < 1.29 is 4.79 Å². The highest BCUT2D eigenvalue weighted by atomic mass is 32.2. The predicted octanol–water partition coefficient (Wildman–Crippen LogP) is 1.64. The zero-order valence-corrected chi connectivity index (χ0v) is 11.8. The average Bonchev–Trinajstić information content (AvgIpc) is 2.78. The van der Waals surface area contributed by atoms with Crippen LogP contribution in [0.1, 0.15) is 12.5 Å². The normalized spacial score (nSPS) is 12.2. The number of nitrogens with one attached hydrogen (secondary N) is 1. The monoisotopic (exact) mass is 277 g/mol. The van der Waals surface area contributed by atoms with Gasteiger partial charge in [0.15, 0.2) is 0 Å². The van der Waals surface area contributed by atoms with Gasteiger partial charge < -0.3 is 5.32 Å². The summed E-state index contributed by atoms with van der Waals surface area (Å²) < 4.78 is 1.54. The van der Waals surface area contributed by atoms with Crippen LogP contribution in [0.15, 0.2) is 29.4 Å². The van der Waals surface area contributed by atoms with Crippen LogP contribution in [0.2, 0.25) is 0 Å². The molecule has 0 saturated heterocycles. The lowest BCUT2D eigenvalue weighted by atomic mass is 10.2. The second-order valence-corrected chi connectivity index (χ2v) is 5.46. The van der Waals surface area contributed by atoms with Crippen LogP contribution < -0.4 is 5.32 Å². The molecule has 0 bridgehead atoms. The van der Waals surface area contributed by atoms with Crippen molar-refractivity contribution in [3.8, 4) is 0 Å². The van der Waals surface area contributed by atoms with E-state index in [0.717, 1.165) is 11.3 Å². The molecule has 1 amide bonds. The fraction of sp³-hybridized carbons (Fsp3) is 0.333. The second-order valence-electron chi connectivity index (χ2n) is 4.15. The highest BCUT2D eigenvalue weighted by Crippen LogP contribution is 2.21. The SMILES string of the molecule is Cc1ccccc1NC(=O)C(C)Sc1nnnn1C. The number of amides is 1. The largest absolute Gasteiger partial charge is 0.325 e. The number of hydrogen-bond donors (Lipinski definition) is 1. The smallest absolute Gasteiger partial charge is 0.237 e. The standard InChI is InChI=1S/C12H15N5OS/c1-8-6-4-5-7-10(8)13-11(18)9(2)19-12-14-15-16-17(12)3/h4-7,9H,1-3H3,(H,13,18). The molecule has 1 N–H and O–H groups in total.